The average Bonchev–Trinajstić information content (AvgIpc) is 1.96. The number of nitrogens with zero attached hydrogens (tertiary/aromatic N) is 1. The second-order valence-electron chi connectivity index (χ2n) is 3.05. The van der Waals surface area contributed by atoms with Crippen LogP contribution in [0.1, 0.15) is 11.1 Å². The second kappa shape index (κ2) is 3.56. The lowest BCUT2D eigenvalue weighted by molar-refractivity contribution is 0.333. The van der Waals surface area contributed by atoms with Crippen molar-refractivity contribution >= 4 is 0 Å². The number of phenolic OH excluding ortho intramolecular Hbond substituents is 1. The molecule has 0 saturated carbocycles. The van der Waals surface area contributed by atoms with Crippen LogP contribution in [0.25, 0.3) is 0 Å². The minimum Gasteiger partial charge on any atom is -0.508 e. The van der Waals surface area contributed by atoms with Crippen LogP contribution in [0.5, 0.6) is 5.75 Å². The van der Waals surface area contributed by atoms with Crippen molar-refractivity contribution in [3.63, 3.8) is 0 Å². The summed E-state index contributed by atoms with van der Waals surface area (Å²) in [5, 5.41) is 10.9. The van der Waals surface area contributed by atoms with Crippen LogP contribution in [-0.2, 0) is 6.54 Å². The van der Waals surface area contributed by atoms with Crippen LogP contribution in [0.2, 0.25) is 0 Å². The molecule has 0 aromatic heterocycles. The van der Waals surface area contributed by atoms with Gasteiger partial charge in [-0.2, -0.15) is 0 Å². The number of hydrogen-bond acceptors (Lipinski definition) is 3. The first-order valence-electron chi connectivity index (χ1n) is 3.84. The summed E-state index contributed by atoms with van der Waals surface area (Å²) in [6.45, 7) is 2.55. The van der Waals surface area contributed by atoms with Gasteiger partial charge in [-0.15, -0.1) is 0 Å². The zero-order chi connectivity index (χ0) is 9.14. The first-order valence-corrected chi connectivity index (χ1v) is 3.84. The first kappa shape index (κ1) is 9.03. The molecule has 0 heterocycles. The quantitative estimate of drug-likeness (QED) is 0.509. The van der Waals surface area contributed by atoms with E-state index in [1.165, 1.54) is 5.01 Å². The molecular formula is C9H14N2O. The SMILES string of the molecule is Cc1ccc(O)c(CN(C)N)c1. The largest absolute Gasteiger partial charge is 0.508 e. The number of rotatable bonds is 2. The molecule has 0 amide bonds. The number of phenols is 1. The number of benzene rings is 1. The Balaban J connectivity index is 2.90. The predicted octanol–water partition coefficient (Wildman–Crippen LogP) is 1.01. The van der Waals surface area contributed by atoms with Crippen molar-refractivity contribution in [2.75, 3.05) is 7.05 Å². The molecule has 0 saturated heterocycles. The van der Waals surface area contributed by atoms with Crippen molar-refractivity contribution in [1.29, 1.82) is 0 Å². The van der Waals surface area contributed by atoms with Gasteiger partial charge in [0.05, 0.1) is 0 Å². The minimum atomic E-state index is 0.304. The smallest absolute Gasteiger partial charge is 0.120 e. The van der Waals surface area contributed by atoms with Crippen LogP contribution in [-0.4, -0.2) is 17.2 Å². The fourth-order valence-corrected chi connectivity index (χ4v) is 1.11. The third kappa shape index (κ3) is 2.22. The van der Waals surface area contributed by atoms with E-state index in [1.54, 1.807) is 13.1 Å². The Morgan fingerprint density at radius 3 is 2.75 bits per heavy atom. The summed E-state index contributed by atoms with van der Waals surface area (Å²) in [5.74, 6) is 5.77. The summed E-state index contributed by atoms with van der Waals surface area (Å²) in [7, 11) is 1.77. The molecule has 0 aliphatic rings. The number of nitrogens with two attached hydrogens (primary N) is 1. The van der Waals surface area contributed by atoms with Gasteiger partial charge in [-0.1, -0.05) is 17.7 Å². The molecule has 12 heavy (non-hydrogen) atoms. The summed E-state index contributed by atoms with van der Waals surface area (Å²) in [5.41, 5.74) is 1.99. The van der Waals surface area contributed by atoms with Gasteiger partial charge in [-0.3, -0.25) is 5.84 Å². The van der Waals surface area contributed by atoms with E-state index in [1.807, 2.05) is 19.1 Å². The molecule has 0 spiro atoms. The lowest BCUT2D eigenvalue weighted by Gasteiger charge is -2.11. The van der Waals surface area contributed by atoms with E-state index in [4.69, 9.17) is 5.84 Å². The van der Waals surface area contributed by atoms with Crippen LogP contribution in [0, 0.1) is 6.92 Å². The highest BCUT2D eigenvalue weighted by atomic mass is 16.3. The van der Waals surface area contributed by atoms with Gasteiger partial charge in [0.15, 0.2) is 0 Å². The molecule has 0 aliphatic heterocycles. The van der Waals surface area contributed by atoms with Gasteiger partial charge < -0.3 is 5.11 Å². The summed E-state index contributed by atoms with van der Waals surface area (Å²) < 4.78 is 0. The standard InChI is InChI=1S/C9H14N2O/c1-7-3-4-9(12)8(5-7)6-11(2)10/h3-5,12H,6,10H2,1-2H3. The Morgan fingerprint density at radius 2 is 2.17 bits per heavy atom. The van der Waals surface area contributed by atoms with Crippen molar-refractivity contribution < 1.29 is 5.11 Å². The Labute approximate surface area is 72.4 Å². The molecular weight excluding hydrogens is 152 g/mol. The molecule has 0 aliphatic carbocycles. The number of aryl methyl sites for hydroxylation is 1. The maximum Gasteiger partial charge on any atom is 0.120 e. The fraction of sp³-hybridized carbons (Fsp3) is 0.333. The van der Waals surface area contributed by atoms with E-state index in [9.17, 15) is 5.11 Å². The maximum absolute atomic E-state index is 9.40. The zero-order valence-electron chi connectivity index (χ0n) is 7.41. The highest BCUT2D eigenvalue weighted by molar-refractivity contribution is 5.35. The highest BCUT2D eigenvalue weighted by Gasteiger charge is 2.01. The summed E-state index contributed by atoms with van der Waals surface area (Å²) in [6.07, 6.45) is 0. The molecule has 1 aromatic carbocycles. The highest BCUT2D eigenvalue weighted by Crippen LogP contribution is 2.18. The average molecular weight is 166 g/mol. The first-order chi connectivity index (χ1) is 5.59. The molecule has 0 radical (unpaired) electrons. The zero-order valence-corrected chi connectivity index (χ0v) is 7.41. The fourth-order valence-electron chi connectivity index (χ4n) is 1.11. The van der Waals surface area contributed by atoms with Gasteiger partial charge in [-0.05, 0) is 13.0 Å². The number of hydrogen-bond donors (Lipinski definition) is 2. The van der Waals surface area contributed by atoms with Gasteiger partial charge in [0.1, 0.15) is 5.75 Å². The summed E-state index contributed by atoms with van der Waals surface area (Å²) in [6, 6.07) is 5.49. The normalized spacial score (nSPS) is 10.7. The third-order valence-corrected chi connectivity index (χ3v) is 1.65. The molecule has 3 nitrogen and oxygen atoms in total. The van der Waals surface area contributed by atoms with E-state index in [2.05, 4.69) is 0 Å². The molecule has 0 unspecified atom stereocenters. The Morgan fingerprint density at radius 1 is 1.50 bits per heavy atom. The lowest BCUT2D eigenvalue weighted by atomic mass is 10.1. The maximum atomic E-state index is 9.40. The topological polar surface area (TPSA) is 49.5 Å². The van der Waals surface area contributed by atoms with Crippen LogP contribution in [0.15, 0.2) is 18.2 Å². The van der Waals surface area contributed by atoms with Gasteiger partial charge in [0.25, 0.3) is 0 Å². The molecule has 3 heteroatoms. The lowest BCUT2D eigenvalue weighted by Crippen LogP contribution is -2.25. The van der Waals surface area contributed by atoms with Gasteiger partial charge in [-0.25, -0.2) is 5.01 Å². The predicted molar refractivity (Wildman–Crippen MR) is 48.5 cm³/mol. The Hall–Kier alpha value is -1.06. The third-order valence-electron chi connectivity index (χ3n) is 1.65. The van der Waals surface area contributed by atoms with Gasteiger partial charge >= 0.3 is 0 Å². The summed E-state index contributed by atoms with van der Waals surface area (Å²) >= 11 is 0. The van der Waals surface area contributed by atoms with E-state index in [0.29, 0.717) is 12.3 Å². The molecule has 1 aromatic rings. The van der Waals surface area contributed by atoms with Crippen LogP contribution in [0.3, 0.4) is 0 Å². The van der Waals surface area contributed by atoms with E-state index < -0.39 is 0 Å². The molecule has 0 atom stereocenters. The van der Waals surface area contributed by atoms with Crippen molar-refractivity contribution in [2.45, 2.75) is 13.5 Å². The monoisotopic (exact) mass is 166 g/mol. The van der Waals surface area contributed by atoms with Crippen molar-refractivity contribution in [3.05, 3.63) is 29.3 Å². The van der Waals surface area contributed by atoms with Crippen LogP contribution in [0.4, 0.5) is 0 Å². The van der Waals surface area contributed by atoms with Gasteiger partial charge in [0, 0.05) is 19.2 Å². The summed E-state index contributed by atoms with van der Waals surface area (Å²) in [4.78, 5) is 0. The molecule has 0 fully saturated rings. The molecule has 66 valence electrons. The number of aromatic hydroxyl groups is 1. The van der Waals surface area contributed by atoms with Crippen molar-refractivity contribution in [3.8, 4) is 5.75 Å². The number of hydrazine groups is 1. The molecule has 1 rings (SSSR count). The Kier molecular flexibility index (Phi) is 2.68. The van der Waals surface area contributed by atoms with Crippen molar-refractivity contribution in [1.82, 2.24) is 5.01 Å². The molecule has 3 N–H and O–H groups in total. The van der Waals surface area contributed by atoms with Gasteiger partial charge in [0.2, 0.25) is 0 Å². The van der Waals surface area contributed by atoms with Crippen LogP contribution >= 0.6 is 0 Å². The van der Waals surface area contributed by atoms with Crippen molar-refractivity contribution in [2.24, 2.45) is 5.84 Å². The minimum absolute atomic E-state index is 0.304. The molecule has 0 bridgehead atoms. The van der Waals surface area contributed by atoms with E-state index in [0.717, 1.165) is 11.1 Å². The van der Waals surface area contributed by atoms with Crippen LogP contribution < -0.4 is 5.84 Å². The Bertz CT molecular complexity index is 271. The van der Waals surface area contributed by atoms with E-state index in [-0.39, 0.29) is 0 Å². The second-order valence-corrected chi connectivity index (χ2v) is 3.05. The van der Waals surface area contributed by atoms with E-state index >= 15 is 0 Å².